The summed E-state index contributed by atoms with van der Waals surface area (Å²) in [5, 5.41) is 0. The first kappa shape index (κ1) is 12.9. The number of nitrogens with two attached hydrogens (primary N) is 1. The fourth-order valence-corrected chi connectivity index (χ4v) is 2.05. The summed E-state index contributed by atoms with van der Waals surface area (Å²) >= 11 is 3.42. The van der Waals surface area contributed by atoms with E-state index < -0.39 is 7.12 Å². The second-order valence-corrected chi connectivity index (χ2v) is 5.98. The highest BCUT2D eigenvalue weighted by Crippen LogP contribution is 2.37. The minimum absolute atomic E-state index is 0.352. The van der Waals surface area contributed by atoms with Crippen molar-refractivity contribution in [1.82, 2.24) is 4.98 Å². The van der Waals surface area contributed by atoms with E-state index in [0.717, 1.165) is 9.94 Å². The molecular formula is C11H16BBrN2O2. The molecule has 92 valence electrons. The maximum absolute atomic E-state index is 5.95. The van der Waals surface area contributed by atoms with Crippen LogP contribution in [0.25, 0.3) is 0 Å². The molecule has 0 saturated carbocycles. The smallest absolute Gasteiger partial charge is 0.399 e. The van der Waals surface area contributed by atoms with Crippen LogP contribution in [-0.2, 0) is 9.31 Å². The Labute approximate surface area is 110 Å². The van der Waals surface area contributed by atoms with Crippen LogP contribution in [0.3, 0.4) is 0 Å². The molecule has 1 aromatic heterocycles. The summed E-state index contributed by atoms with van der Waals surface area (Å²) in [6.45, 7) is 8.08. The van der Waals surface area contributed by atoms with Crippen LogP contribution in [-0.4, -0.2) is 23.3 Å². The normalized spacial score (nSPS) is 21.8. The van der Waals surface area contributed by atoms with Crippen molar-refractivity contribution in [1.29, 1.82) is 0 Å². The monoisotopic (exact) mass is 298 g/mol. The molecule has 1 saturated heterocycles. The Morgan fingerprint density at radius 2 is 1.76 bits per heavy atom. The summed E-state index contributed by atoms with van der Waals surface area (Å²) in [7, 11) is -0.417. The molecule has 6 heteroatoms. The van der Waals surface area contributed by atoms with Gasteiger partial charge in [-0.2, -0.15) is 0 Å². The van der Waals surface area contributed by atoms with Gasteiger partial charge in [-0.25, -0.2) is 4.98 Å². The van der Waals surface area contributed by atoms with Crippen molar-refractivity contribution in [3.63, 3.8) is 0 Å². The Kier molecular flexibility index (Phi) is 3.00. The molecule has 0 spiro atoms. The number of halogens is 1. The van der Waals surface area contributed by atoms with E-state index >= 15 is 0 Å². The number of pyridine rings is 1. The Bertz CT molecular complexity index is 435. The van der Waals surface area contributed by atoms with Crippen molar-refractivity contribution in [2.75, 3.05) is 5.73 Å². The largest absolute Gasteiger partial charge is 0.496 e. The molecule has 4 nitrogen and oxygen atoms in total. The average Bonchev–Trinajstić information content (AvgIpc) is 2.40. The van der Waals surface area contributed by atoms with Gasteiger partial charge in [0.25, 0.3) is 0 Å². The summed E-state index contributed by atoms with van der Waals surface area (Å²) in [5.41, 5.74) is 5.92. The van der Waals surface area contributed by atoms with Crippen LogP contribution < -0.4 is 11.2 Å². The van der Waals surface area contributed by atoms with Gasteiger partial charge in [0.1, 0.15) is 5.82 Å². The average molecular weight is 299 g/mol. The van der Waals surface area contributed by atoms with Crippen molar-refractivity contribution < 1.29 is 9.31 Å². The Morgan fingerprint density at radius 1 is 1.24 bits per heavy atom. The van der Waals surface area contributed by atoms with E-state index in [0.29, 0.717) is 5.82 Å². The molecule has 0 amide bonds. The number of rotatable bonds is 1. The fourth-order valence-electron chi connectivity index (χ4n) is 1.63. The number of hydrogen-bond acceptors (Lipinski definition) is 4. The van der Waals surface area contributed by atoms with E-state index in [4.69, 9.17) is 15.0 Å². The van der Waals surface area contributed by atoms with E-state index in [1.165, 1.54) is 0 Å². The lowest BCUT2D eigenvalue weighted by molar-refractivity contribution is 0.00578. The second-order valence-electron chi connectivity index (χ2n) is 5.19. The van der Waals surface area contributed by atoms with E-state index in [1.54, 1.807) is 6.20 Å². The van der Waals surface area contributed by atoms with Crippen LogP contribution in [0, 0.1) is 0 Å². The first-order valence-corrected chi connectivity index (χ1v) is 6.29. The van der Waals surface area contributed by atoms with E-state index in [1.807, 2.05) is 33.8 Å². The quantitative estimate of drug-likeness (QED) is 0.802. The Hall–Kier alpha value is -0.585. The third-order valence-corrected chi connectivity index (χ3v) is 4.32. The van der Waals surface area contributed by atoms with Crippen LogP contribution in [0.1, 0.15) is 27.7 Å². The van der Waals surface area contributed by atoms with Gasteiger partial charge in [0.05, 0.1) is 15.7 Å². The first-order valence-electron chi connectivity index (χ1n) is 5.50. The molecule has 2 N–H and O–H groups in total. The third kappa shape index (κ3) is 2.09. The standard InChI is InChI=1S/C11H16BBrN2O2/c1-10(2)11(3,4)17-12(16-10)7-5-6-15-9(14)8(7)13/h5-6H,1-4H3,(H2,14,15). The molecule has 0 aromatic carbocycles. The second kappa shape index (κ2) is 3.97. The molecule has 0 radical (unpaired) electrons. The molecule has 17 heavy (non-hydrogen) atoms. The van der Waals surface area contributed by atoms with Crippen LogP contribution >= 0.6 is 15.9 Å². The van der Waals surface area contributed by atoms with Crippen LogP contribution in [0.5, 0.6) is 0 Å². The first-order chi connectivity index (χ1) is 7.74. The molecule has 2 heterocycles. The minimum atomic E-state index is -0.417. The van der Waals surface area contributed by atoms with Crippen molar-refractivity contribution in [2.45, 2.75) is 38.9 Å². The zero-order chi connectivity index (χ0) is 12.8. The summed E-state index contributed by atoms with van der Waals surface area (Å²) in [4.78, 5) is 4.00. The number of hydrogen-bond donors (Lipinski definition) is 1. The Morgan fingerprint density at radius 3 is 2.29 bits per heavy atom. The molecule has 0 atom stereocenters. The number of anilines is 1. The number of nitrogen functional groups attached to an aromatic ring is 1. The minimum Gasteiger partial charge on any atom is -0.399 e. The van der Waals surface area contributed by atoms with Crippen LogP contribution in [0.2, 0.25) is 0 Å². The zero-order valence-corrected chi connectivity index (χ0v) is 12.0. The van der Waals surface area contributed by atoms with Gasteiger partial charge in [0.15, 0.2) is 0 Å². The summed E-state index contributed by atoms with van der Waals surface area (Å²) in [6, 6.07) is 1.85. The third-order valence-electron chi connectivity index (χ3n) is 3.45. The Balaban J connectivity index is 2.36. The lowest BCUT2D eigenvalue weighted by Gasteiger charge is -2.32. The predicted octanol–water partition coefficient (Wildman–Crippen LogP) is 1.73. The molecule has 1 aliphatic heterocycles. The number of nitrogens with zero attached hydrogens (tertiary/aromatic N) is 1. The SMILES string of the molecule is CC1(C)OB(c2ccnc(N)c2Br)OC1(C)C. The highest BCUT2D eigenvalue weighted by atomic mass is 79.9. The van der Waals surface area contributed by atoms with E-state index in [2.05, 4.69) is 20.9 Å². The summed E-state index contributed by atoms with van der Waals surface area (Å²) in [5.74, 6) is 0.442. The zero-order valence-electron chi connectivity index (χ0n) is 10.5. The van der Waals surface area contributed by atoms with Crippen molar-refractivity contribution in [3.05, 3.63) is 16.7 Å². The van der Waals surface area contributed by atoms with Gasteiger partial charge in [0, 0.05) is 11.7 Å². The van der Waals surface area contributed by atoms with Gasteiger partial charge in [-0.3, -0.25) is 0 Å². The van der Waals surface area contributed by atoms with E-state index in [9.17, 15) is 0 Å². The predicted molar refractivity (Wildman–Crippen MR) is 72.1 cm³/mol. The van der Waals surface area contributed by atoms with E-state index in [-0.39, 0.29) is 11.2 Å². The van der Waals surface area contributed by atoms with Gasteiger partial charge in [0.2, 0.25) is 0 Å². The molecule has 1 aliphatic rings. The molecular weight excluding hydrogens is 283 g/mol. The molecule has 1 fully saturated rings. The van der Waals surface area contributed by atoms with Crippen molar-refractivity contribution in [2.24, 2.45) is 0 Å². The van der Waals surface area contributed by atoms with Crippen molar-refractivity contribution in [3.8, 4) is 0 Å². The van der Waals surface area contributed by atoms with Gasteiger partial charge in [-0.1, -0.05) is 0 Å². The summed E-state index contributed by atoms with van der Waals surface area (Å²) < 4.78 is 12.6. The van der Waals surface area contributed by atoms with Gasteiger partial charge in [-0.05, 0) is 49.7 Å². The van der Waals surface area contributed by atoms with Gasteiger partial charge in [-0.15, -0.1) is 0 Å². The van der Waals surface area contributed by atoms with Gasteiger partial charge >= 0.3 is 7.12 Å². The lowest BCUT2D eigenvalue weighted by Crippen LogP contribution is -2.41. The number of aromatic nitrogens is 1. The molecule has 0 unspecified atom stereocenters. The maximum atomic E-state index is 5.95. The van der Waals surface area contributed by atoms with Crippen LogP contribution in [0.15, 0.2) is 16.7 Å². The highest BCUT2D eigenvalue weighted by molar-refractivity contribution is 9.10. The van der Waals surface area contributed by atoms with Crippen molar-refractivity contribution >= 4 is 34.3 Å². The maximum Gasteiger partial charge on any atom is 0.496 e. The lowest BCUT2D eigenvalue weighted by atomic mass is 9.80. The molecule has 2 rings (SSSR count). The van der Waals surface area contributed by atoms with Gasteiger partial charge < -0.3 is 15.0 Å². The molecule has 0 bridgehead atoms. The van der Waals surface area contributed by atoms with Crippen LogP contribution in [0.4, 0.5) is 5.82 Å². The highest BCUT2D eigenvalue weighted by Gasteiger charge is 2.52. The summed E-state index contributed by atoms with van der Waals surface area (Å²) in [6.07, 6.45) is 1.65. The fraction of sp³-hybridized carbons (Fsp3) is 0.545. The topological polar surface area (TPSA) is 57.4 Å². The molecule has 1 aromatic rings. The molecule has 0 aliphatic carbocycles.